The molecule has 4 bridgehead atoms. The second-order valence-electron chi connectivity index (χ2n) is 7.95. The summed E-state index contributed by atoms with van der Waals surface area (Å²) in [6.07, 6.45) is 5.69. The molecule has 1 aromatic carbocycles. The number of anilines is 1. The number of hydrogen-bond donors (Lipinski definition) is 1. The van der Waals surface area contributed by atoms with Crippen molar-refractivity contribution in [1.29, 1.82) is 0 Å². The Balaban J connectivity index is 1.55. The van der Waals surface area contributed by atoms with Crippen molar-refractivity contribution < 1.29 is 0 Å². The van der Waals surface area contributed by atoms with Crippen LogP contribution >= 0.6 is 22.6 Å². The van der Waals surface area contributed by atoms with E-state index in [0.29, 0.717) is 6.04 Å². The number of fused-ring (bicyclic) bond motifs is 4. The average Bonchev–Trinajstić information content (AvgIpc) is 2.85. The summed E-state index contributed by atoms with van der Waals surface area (Å²) in [6, 6.07) is 8.56. The number of rotatable bonds is 1. The molecule has 7 unspecified atom stereocenters. The van der Waals surface area contributed by atoms with Gasteiger partial charge in [0.1, 0.15) is 0 Å². The lowest BCUT2D eigenvalue weighted by molar-refractivity contribution is -0.0383. The molecule has 0 aromatic heterocycles. The van der Waals surface area contributed by atoms with Gasteiger partial charge in [-0.05, 0) is 89.9 Å². The highest BCUT2D eigenvalue weighted by Gasteiger charge is 2.53. The first-order valence-corrected chi connectivity index (χ1v) is 10.1. The fourth-order valence-electron chi connectivity index (χ4n) is 6.21. The van der Waals surface area contributed by atoms with Crippen molar-refractivity contribution in [3.8, 4) is 0 Å². The van der Waals surface area contributed by atoms with Gasteiger partial charge in [-0.3, -0.25) is 4.90 Å². The first kappa shape index (κ1) is 14.1. The zero-order valence-corrected chi connectivity index (χ0v) is 15.4. The van der Waals surface area contributed by atoms with Crippen molar-refractivity contribution in [2.45, 2.75) is 50.6 Å². The molecule has 4 heterocycles. The van der Waals surface area contributed by atoms with Gasteiger partial charge >= 0.3 is 0 Å². The predicted octanol–water partition coefficient (Wildman–Crippen LogP) is 4.31. The third-order valence-corrected chi connectivity index (χ3v) is 7.63. The molecule has 22 heavy (non-hydrogen) atoms. The predicted molar refractivity (Wildman–Crippen MR) is 99.3 cm³/mol. The van der Waals surface area contributed by atoms with Crippen LogP contribution in [0.25, 0.3) is 0 Å². The zero-order chi connectivity index (χ0) is 14.8. The molecule has 4 aliphatic heterocycles. The van der Waals surface area contributed by atoms with Gasteiger partial charge in [0.2, 0.25) is 0 Å². The van der Waals surface area contributed by atoms with Crippen LogP contribution in [0, 0.1) is 21.3 Å². The third kappa shape index (κ3) is 1.94. The molecule has 4 fully saturated rings. The zero-order valence-electron chi connectivity index (χ0n) is 13.3. The third-order valence-electron chi connectivity index (χ3n) is 6.96. The van der Waals surface area contributed by atoms with E-state index in [0.717, 1.165) is 29.7 Å². The van der Waals surface area contributed by atoms with Crippen molar-refractivity contribution in [2.24, 2.45) is 17.8 Å². The summed E-state index contributed by atoms with van der Waals surface area (Å²) in [5, 5.41) is 3.96. The Labute approximate surface area is 147 Å². The second kappa shape index (κ2) is 5.10. The van der Waals surface area contributed by atoms with Gasteiger partial charge in [-0.25, -0.2) is 0 Å². The molecule has 3 saturated heterocycles. The van der Waals surface area contributed by atoms with Crippen LogP contribution in [0.2, 0.25) is 0 Å². The smallest absolute Gasteiger partial charge is 0.0379 e. The normalized spacial score (nSPS) is 44.9. The maximum atomic E-state index is 3.96. The van der Waals surface area contributed by atoms with Crippen molar-refractivity contribution in [3.63, 3.8) is 0 Å². The van der Waals surface area contributed by atoms with E-state index >= 15 is 0 Å². The van der Waals surface area contributed by atoms with E-state index in [1.807, 2.05) is 0 Å². The number of nitrogens with one attached hydrogen (secondary N) is 1. The van der Waals surface area contributed by atoms with Crippen LogP contribution in [0.4, 0.5) is 5.69 Å². The molecule has 1 N–H and O–H groups in total. The van der Waals surface area contributed by atoms with Gasteiger partial charge < -0.3 is 5.32 Å². The molecule has 0 amide bonds. The van der Waals surface area contributed by atoms with Gasteiger partial charge in [0.25, 0.3) is 0 Å². The lowest BCUT2D eigenvalue weighted by Crippen LogP contribution is -2.59. The second-order valence-corrected chi connectivity index (χ2v) is 9.20. The van der Waals surface area contributed by atoms with Crippen molar-refractivity contribution in [2.75, 3.05) is 18.4 Å². The molecule has 2 nitrogen and oxygen atoms in total. The highest BCUT2D eigenvalue weighted by molar-refractivity contribution is 14.1. The summed E-state index contributed by atoms with van der Waals surface area (Å²) < 4.78 is 1.39. The van der Waals surface area contributed by atoms with E-state index in [9.17, 15) is 0 Å². The molecule has 1 saturated carbocycles. The number of piperidine rings is 2. The van der Waals surface area contributed by atoms with Crippen LogP contribution in [-0.2, 0) is 0 Å². The number of halogens is 1. The first-order valence-electron chi connectivity index (χ1n) is 9.04. The highest BCUT2D eigenvalue weighted by atomic mass is 127. The molecule has 5 aliphatic rings. The van der Waals surface area contributed by atoms with Crippen molar-refractivity contribution in [1.82, 2.24) is 4.90 Å². The fourth-order valence-corrected chi connectivity index (χ4v) is 6.72. The molecule has 7 atom stereocenters. The standard InChI is InChI=1S/C19H25IN2/c1-2-12-7-11-8-16-18-14(5-6-22(10-11)19(12)16)15-9-13(20)3-4-17(15)21-18/h3-4,9,11-12,14,16,18-19,21H,2,5-8,10H2,1H3. The van der Waals surface area contributed by atoms with E-state index in [4.69, 9.17) is 0 Å². The molecular formula is C19H25IN2. The molecular weight excluding hydrogens is 383 g/mol. The van der Waals surface area contributed by atoms with E-state index in [2.05, 4.69) is 57.9 Å². The topological polar surface area (TPSA) is 15.3 Å². The molecule has 6 rings (SSSR count). The minimum Gasteiger partial charge on any atom is -0.381 e. The molecule has 1 aliphatic carbocycles. The largest absolute Gasteiger partial charge is 0.381 e. The molecule has 0 spiro atoms. The molecule has 3 heteroatoms. The lowest BCUT2D eigenvalue weighted by Gasteiger charge is -2.54. The van der Waals surface area contributed by atoms with E-state index in [1.54, 1.807) is 5.56 Å². The van der Waals surface area contributed by atoms with Gasteiger partial charge in [-0.15, -0.1) is 0 Å². The van der Waals surface area contributed by atoms with E-state index in [1.165, 1.54) is 48.0 Å². The fraction of sp³-hybridized carbons (Fsp3) is 0.684. The Bertz CT molecular complexity index is 601. The summed E-state index contributed by atoms with van der Waals surface area (Å²) in [7, 11) is 0. The Morgan fingerprint density at radius 1 is 1.32 bits per heavy atom. The molecule has 0 radical (unpaired) electrons. The molecule has 1 aromatic rings. The summed E-state index contributed by atoms with van der Waals surface area (Å²) >= 11 is 2.47. The van der Waals surface area contributed by atoms with Crippen molar-refractivity contribution in [3.05, 3.63) is 27.3 Å². The highest BCUT2D eigenvalue weighted by Crippen LogP contribution is 2.53. The van der Waals surface area contributed by atoms with Crippen molar-refractivity contribution >= 4 is 28.3 Å². The SMILES string of the molecule is CCC1CC2CC3C4Nc5ccc(I)cc5C4CCN(C2)C13. The van der Waals surface area contributed by atoms with Crippen LogP contribution in [0.1, 0.15) is 44.1 Å². The van der Waals surface area contributed by atoms with Crippen LogP contribution in [-0.4, -0.2) is 30.1 Å². The number of benzene rings is 1. The van der Waals surface area contributed by atoms with Gasteiger partial charge in [-0.1, -0.05) is 13.3 Å². The first-order chi connectivity index (χ1) is 10.7. The maximum absolute atomic E-state index is 3.96. The lowest BCUT2D eigenvalue weighted by atomic mass is 9.63. The van der Waals surface area contributed by atoms with Gasteiger partial charge in [0.05, 0.1) is 0 Å². The Kier molecular flexibility index (Phi) is 3.27. The monoisotopic (exact) mass is 408 g/mol. The van der Waals surface area contributed by atoms with Gasteiger partial charge in [0.15, 0.2) is 0 Å². The quantitative estimate of drug-likeness (QED) is 0.697. The Morgan fingerprint density at radius 2 is 2.23 bits per heavy atom. The Hall–Kier alpha value is -0.290. The van der Waals surface area contributed by atoms with Gasteiger partial charge in [-0.2, -0.15) is 0 Å². The number of hydrogen-bond acceptors (Lipinski definition) is 2. The van der Waals surface area contributed by atoms with E-state index < -0.39 is 0 Å². The average molecular weight is 408 g/mol. The van der Waals surface area contributed by atoms with Crippen LogP contribution in [0.3, 0.4) is 0 Å². The van der Waals surface area contributed by atoms with Crippen LogP contribution < -0.4 is 5.32 Å². The van der Waals surface area contributed by atoms with Crippen LogP contribution in [0.15, 0.2) is 18.2 Å². The summed E-state index contributed by atoms with van der Waals surface area (Å²) in [6.45, 7) is 5.12. The molecule has 118 valence electrons. The van der Waals surface area contributed by atoms with Gasteiger partial charge in [0, 0.05) is 33.8 Å². The Morgan fingerprint density at radius 3 is 3.09 bits per heavy atom. The minimum atomic E-state index is 0.695. The summed E-state index contributed by atoms with van der Waals surface area (Å²) in [5.41, 5.74) is 3.04. The van der Waals surface area contributed by atoms with Crippen LogP contribution in [0.5, 0.6) is 0 Å². The summed E-state index contributed by atoms with van der Waals surface area (Å²) in [4.78, 5) is 2.88. The summed E-state index contributed by atoms with van der Waals surface area (Å²) in [5.74, 6) is 3.53. The maximum Gasteiger partial charge on any atom is 0.0379 e. The number of nitrogens with zero attached hydrogens (tertiary/aromatic N) is 1. The minimum absolute atomic E-state index is 0.695. The van der Waals surface area contributed by atoms with E-state index in [-0.39, 0.29) is 0 Å².